The average Bonchev–Trinajstić information content (AvgIpc) is 3.11. The third kappa shape index (κ3) is 3.29. The van der Waals surface area contributed by atoms with Crippen LogP contribution in [0.2, 0.25) is 0 Å². The van der Waals surface area contributed by atoms with Crippen LogP contribution >= 0.6 is 27.7 Å². The summed E-state index contributed by atoms with van der Waals surface area (Å²) in [5.41, 5.74) is 2.87. The number of methoxy groups -OCH3 is 1. The molecule has 0 N–H and O–H groups in total. The number of nitro groups is 1. The molecule has 8 nitrogen and oxygen atoms in total. The Morgan fingerprint density at radius 3 is 2.82 bits per heavy atom. The highest BCUT2D eigenvalue weighted by molar-refractivity contribution is 9.10. The molecule has 0 atom stereocenters. The Bertz CT molecular complexity index is 1130. The van der Waals surface area contributed by atoms with Crippen LogP contribution in [0.3, 0.4) is 0 Å². The zero-order valence-corrected chi connectivity index (χ0v) is 17.3. The van der Waals surface area contributed by atoms with Crippen molar-refractivity contribution in [2.24, 2.45) is 5.10 Å². The van der Waals surface area contributed by atoms with Crippen molar-refractivity contribution in [3.8, 4) is 17.1 Å². The minimum absolute atomic E-state index is 0.0783. The number of benzene rings is 2. The molecule has 1 aliphatic heterocycles. The van der Waals surface area contributed by atoms with Crippen molar-refractivity contribution in [3.05, 3.63) is 62.1 Å². The van der Waals surface area contributed by atoms with Crippen molar-refractivity contribution in [2.75, 3.05) is 12.9 Å². The van der Waals surface area contributed by atoms with Crippen molar-refractivity contribution in [2.45, 2.75) is 12.1 Å². The molecule has 1 aliphatic rings. The van der Waals surface area contributed by atoms with Crippen LogP contribution in [0.1, 0.15) is 11.1 Å². The standard InChI is InChI=1S/C18H14BrN5O3S/c1-10-3-4-11(7-15(10)24(25)26)14-9-28-18-21-20-17(23(18)22-14)13-6-5-12(19)8-16(13)27-2/h3-8H,9H2,1-2H3. The highest BCUT2D eigenvalue weighted by Gasteiger charge is 2.24. The zero-order chi connectivity index (χ0) is 19.8. The van der Waals surface area contributed by atoms with Crippen LogP contribution in [0.5, 0.6) is 5.75 Å². The molecule has 0 amide bonds. The van der Waals surface area contributed by atoms with E-state index in [1.807, 2.05) is 24.3 Å². The molecular weight excluding hydrogens is 446 g/mol. The maximum Gasteiger partial charge on any atom is 0.272 e. The molecule has 1 aromatic heterocycles. The van der Waals surface area contributed by atoms with Crippen LogP contribution in [-0.4, -0.2) is 38.4 Å². The van der Waals surface area contributed by atoms with Crippen molar-refractivity contribution >= 4 is 39.1 Å². The number of nitro benzene ring substituents is 1. The van der Waals surface area contributed by atoms with Crippen molar-refractivity contribution in [1.82, 2.24) is 14.9 Å². The fraction of sp³-hybridized carbons (Fsp3) is 0.167. The van der Waals surface area contributed by atoms with Crippen molar-refractivity contribution in [3.63, 3.8) is 0 Å². The Morgan fingerprint density at radius 2 is 2.07 bits per heavy atom. The van der Waals surface area contributed by atoms with Gasteiger partial charge in [-0.05, 0) is 25.1 Å². The van der Waals surface area contributed by atoms with Gasteiger partial charge in [0.1, 0.15) is 5.75 Å². The first-order valence-electron chi connectivity index (χ1n) is 8.23. The molecule has 28 heavy (non-hydrogen) atoms. The summed E-state index contributed by atoms with van der Waals surface area (Å²) in [5.74, 6) is 1.74. The van der Waals surface area contributed by atoms with Gasteiger partial charge in [-0.2, -0.15) is 9.78 Å². The van der Waals surface area contributed by atoms with E-state index >= 15 is 0 Å². The van der Waals surface area contributed by atoms with Gasteiger partial charge in [0.25, 0.3) is 5.69 Å². The fourth-order valence-electron chi connectivity index (χ4n) is 2.87. The number of ether oxygens (including phenoxy) is 1. The summed E-state index contributed by atoms with van der Waals surface area (Å²) in [4.78, 5) is 10.9. The molecule has 4 rings (SSSR count). The van der Waals surface area contributed by atoms with E-state index in [2.05, 4.69) is 31.2 Å². The molecule has 142 valence electrons. The van der Waals surface area contributed by atoms with Gasteiger partial charge in [0.2, 0.25) is 5.16 Å². The number of thioether (sulfide) groups is 1. The lowest BCUT2D eigenvalue weighted by atomic mass is 10.1. The van der Waals surface area contributed by atoms with Gasteiger partial charge in [-0.25, -0.2) is 0 Å². The molecule has 0 aliphatic carbocycles. The van der Waals surface area contributed by atoms with Crippen LogP contribution in [0.15, 0.2) is 51.1 Å². The Balaban J connectivity index is 1.81. The lowest BCUT2D eigenvalue weighted by Crippen LogP contribution is -2.14. The number of halogens is 1. The summed E-state index contributed by atoms with van der Waals surface area (Å²) in [6.07, 6.45) is 0. The maximum absolute atomic E-state index is 11.3. The second-order valence-corrected chi connectivity index (χ2v) is 7.91. The van der Waals surface area contributed by atoms with Gasteiger partial charge in [-0.3, -0.25) is 10.1 Å². The number of hydrogen-bond donors (Lipinski definition) is 0. The normalized spacial score (nSPS) is 13.0. The maximum atomic E-state index is 11.3. The summed E-state index contributed by atoms with van der Waals surface area (Å²) in [5, 5.41) is 25.1. The quantitative estimate of drug-likeness (QED) is 0.426. The van der Waals surface area contributed by atoms with E-state index in [1.54, 1.807) is 30.8 Å². The molecule has 0 saturated heterocycles. The second kappa shape index (κ2) is 7.36. The molecule has 0 fully saturated rings. The van der Waals surface area contributed by atoms with Gasteiger partial charge in [-0.15, -0.1) is 10.2 Å². The number of fused-ring (bicyclic) bond motifs is 1. The SMILES string of the molecule is COc1cc(Br)ccc1-c1nnc2n1N=C(c1ccc(C)c([N+](=O)[O-])c1)CS2. The lowest BCUT2D eigenvalue weighted by molar-refractivity contribution is -0.385. The average molecular weight is 460 g/mol. The summed E-state index contributed by atoms with van der Waals surface area (Å²) in [6, 6.07) is 10.8. The van der Waals surface area contributed by atoms with Gasteiger partial charge in [-0.1, -0.05) is 39.8 Å². The van der Waals surface area contributed by atoms with Crippen LogP contribution in [0, 0.1) is 17.0 Å². The first kappa shape index (κ1) is 18.6. The van der Waals surface area contributed by atoms with Crippen molar-refractivity contribution in [1.29, 1.82) is 0 Å². The van der Waals surface area contributed by atoms with Gasteiger partial charge < -0.3 is 4.74 Å². The van der Waals surface area contributed by atoms with Gasteiger partial charge in [0.15, 0.2) is 5.82 Å². The van der Waals surface area contributed by atoms with E-state index in [-0.39, 0.29) is 10.6 Å². The largest absolute Gasteiger partial charge is 0.496 e. The molecule has 2 aromatic carbocycles. The van der Waals surface area contributed by atoms with Gasteiger partial charge in [0.05, 0.1) is 23.3 Å². The molecule has 0 saturated carbocycles. The summed E-state index contributed by atoms with van der Waals surface area (Å²) >= 11 is 4.91. The third-order valence-electron chi connectivity index (χ3n) is 4.31. The highest BCUT2D eigenvalue weighted by Crippen LogP contribution is 2.35. The fourth-order valence-corrected chi connectivity index (χ4v) is 4.05. The molecule has 0 radical (unpaired) electrons. The summed E-state index contributed by atoms with van der Waals surface area (Å²) in [7, 11) is 1.59. The summed E-state index contributed by atoms with van der Waals surface area (Å²) < 4.78 is 8.01. The molecule has 10 heteroatoms. The number of aromatic nitrogens is 3. The smallest absolute Gasteiger partial charge is 0.272 e. The van der Waals surface area contributed by atoms with Crippen LogP contribution in [0.4, 0.5) is 5.69 Å². The van der Waals surface area contributed by atoms with Crippen LogP contribution < -0.4 is 4.74 Å². The van der Waals surface area contributed by atoms with E-state index in [0.717, 1.165) is 15.7 Å². The van der Waals surface area contributed by atoms with E-state index in [1.165, 1.54) is 11.8 Å². The van der Waals surface area contributed by atoms with Crippen molar-refractivity contribution < 1.29 is 9.66 Å². The topological polar surface area (TPSA) is 95.4 Å². The Hall–Kier alpha value is -2.72. The summed E-state index contributed by atoms with van der Waals surface area (Å²) in [6.45, 7) is 1.72. The molecule has 0 unspecified atom stereocenters. The lowest BCUT2D eigenvalue weighted by Gasteiger charge is -2.15. The van der Waals surface area contributed by atoms with E-state index in [4.69, 9.17) is 4.74 Å². The first-order valence-corrected chi connectivity index (χ1v) is 10.0. The number of hydrogen-bond acceptors (Lipinski definition) is 7. The Morgan fingerprint density at radius 1 is 1.25 bits per heavy atom. The molecule has 3 aromatic rings. The zero-order valence-electron chi connectivity index (χ0n) is 14.9. The van der Waals surface area contributed by atoms with Crippen LogP contribution in [-0.2, 0) is 0 Å². The minimum atomic E-state index is -0.377. The Kier molecular flexibility index (Phi) is 4.90. The Labute approximate surface area is 172 Å². The monoisotopic (exact) mass is 459 g/mol. The number of aryl methyl sites for hydroxylation is 1. The van der Waals surface area contributed by atoms with E-state index < -0.39 is 0 Å². The molecule has 0 bridgehead atoms. The number of rotatable bonds is 4. The van der Waals surface area contributed by atoms with Gasteiger partial charge in [0, 0.05) is 27.4 Å². The second-order valence-electron chi connectivity index (χ2n) is 6.06. The third-order valence-corrected chi connectivity index (χ3v) is 5.74. The first-order chi connectivity index (χ1) is 13.5. The highest BCUT2D eigenvalue weighted by atomic mass is 79.9. The van der Waals surface area contributed by atoms with E-state index in [0.29, 0.717) is 33.6 Å². The van der Waals surface area contributed by atoms with E-state index in [9.17, 15) is 10.1 Å². The molecular formula is C18H14BrN5O3S. The minimum Gasteiger partial charge on any atom is -0.496 e. The molecule has 2 heterocycles. The van der Waals surface area contributed by atoms with Gasteiger partial charge >= 0.3 is 0 Å². The molecule has 0 spiro atoms. The predicted octanol–water partition coefficient (Wildman–Crippen LogP) is 4.29. The predicted molar refractivity (Wildman–Crippen MR) is 110 cm³/mol. The van der Waals surface area contributed by atoms with Crippen LogP contribution in [0.25, 0.3) is 11.4 Å². The number of nitrogens with zero attached hydrogens (tertiary/aromatic N) is 5.